The monoisotopic (exact) mass is 213 g/mol. The molecule has 0 aliphatic heterocycles. The number of nitrogens with one attached hydrogen (secondary N) is 2. The fourth-order valence-corrected chi connectivity index (χ4v) is 1.78. The number of aromatic amines is 1. The Kier molecular flexibility index (Phi) is 3.61. The molecule has 0 saturated heterocycles. The van der Waals surface area contributed by atoms with Gasteiger partial charge in [-0.05, 0) is 34.6 Å². The Hall–Kier alpha value is -0.480. The van der Waals surface area contributed by atoms with Crippen molar-refractivity contribution in [3.63, 3.8) is 0 Å². The SMILES string of the molecule is Cc1[nH]ncc1[C@H](C)NSC(C)(C)C. The predicted molar refractivity (Wildman–Crippen MR) is 62.2 cm³/mol. The van der Waals surface area contributed by atoms with E-state index in [-0.39, 0.29) is 4.75 Å². The van der Waals surface area contributed by atoms with Crippen LogP contribution in [0.3, 0.4) is 0 Å². The molecule has 0 unspecified atom stereocenters. The predicted octanol–water partition coefficient (Wildman–Crippen LogP) is 2.82. The Labute approximate surface area is 90.2 Å². The summed E-state index contributed by atoms with van der Waals surface area (Å²) in [5.41, 5.74) is 2.38. The highest BCUT2D eigenvalue weighted by atomic mass is 32.2. The molecule has 0 aliphatic rings. The van der Waals surface area contributed by atoms with E-state index in [9.17, 15) is 0 Å². The highest BCUT2D eigenvalue weighted by Crippen LogP contribution is 2.24. The quantitative estimate of drug-likeness (QED) is 0.759. The second-order valence-electron chi connectivity index (χ2n) is 4.50. The van der Waals surface area contributed by atoms with Gasteiger partial charge in [0.25, 0.3) is 0 Å². The highest BCUT2D eigenvalue weighted by molar-refractivity contribution is 7.98. The molecular formula is C10H19N3S. The van der Waals surface area contributed by atoms with Crippen LogP contribution in [-0.2, 0) is 0 Å². The zero-order chi connectivity index (χ0) is 10.8. The normalized spacial score (nSPS) is 14.4. The summed E-state index contributed by atoms with van der Waals surface area (Å²) in [4.78, 5) is 0. The molecule has 1 rings (SSSR count). The van der Waals surface area contributed by atoms with Crippen molar-refractivity contribution in [3.05, 3.63) is 17.5 Å². The maximum atomic E-state index is 4.01. The minimum atomic E-state index is 0.242. The lowest BCUT2D eigenvalue weighted by Gasteiger charge is -2.21. The second-order valence-corrected chi connectivity index (χ2v) is 6.17. The Morgan fingerprint density at radius 2 is 2.14 bits per heavy atom. The van der Waals surface area contributed by atoms with E-state index in [1.54, 1.807) is 11.9 Å². The molecule has 80 valence electrons. The van der Waals surface area contributed by atoms with Crippen LogP contribution in [0.25, 0.3) is 0 Å². The van der Waals surface area contributed by atoms with Crippen LogP contribution in [0.4, 0.5) is 0 Å². The van der Waals surface area contributed by atoms with E-state index in [1.807, 2.05) is 13.1 Å². The maximum absolute atomic E-state index is 4.01. The molecule has 1 aromatic rings. The molecule has 1 heterocycles. The van der Waals surface area contributed by atoms with Crippen LogP contribution in [-0.4, -0.2) is 14.9 Å². The molecule has 0 saturated carbocycles. The summed E-state index contributed by atoms with van der Waals surface area (Å²) >= 11 is 1.76. The van der Waals surface area contributed by atoms with E-state index in [2.05, 4.69) is 42.6 Å². The zero-order valence-electron chi connectivity index (χ0n) is 9.51. The first-order valence-electron chi connectivity index (χ1n) is 4.83. The minimum absolute atomic E-state index is 0.242. The fourth-order valence-electron chi connectivity index (χ4n) is 1.13. The Morgan fingerprint density at radius 1 is 1.50 bits per heavy atom. The molecule has 0 aromatic carbocycles. The smallest absolute Gasteiger partial charge is 0.0538 e. The van der Waals surface area contributed by atoms with Crippen molar-refractivity contribution in [3.8, 4) is 0 Å². The van der Waals surface area contributed by atoms with E-state index in [0.717, 1.165) is 5.69 Å². The van der Waals surface area contributed by atoms with Crippen molar-refractivity contribution in [2.24, 2.45) is 0 Å². The summed E-state index contributed by atoms with van der Waals surface area (Å²) < 4.78 is 3.66. The van der Waals surface area contributed by atoms with Crippen LogP contribution >= 0.6 is 11.9 Å². The topological polar surface area (TPSA) is 40.7 Å². The number of hydrogen-bond donors (Lipinski definition) is 2. The third-order valence-electron chi connectivity index (χ3n) is 1.88. The molecule has 3 nitrogen and oxygen atoms in total. The van der Waals surface area contributed by atoms with E-state index in [0.29, 0.717) is 6.04 Å². The van der Waals surface area contributed by atoms with Gasteiger partial charge in [-0.2, -0.15) is 5.10 Å². The summed E-state index contributed by atoms with van der Waals surface area (Å²) in [5, 5.41) is 6.96. The largest absolute Gasteiger partial charge is 0.283 e. The van der Waals surface area contributed by atoms with Gasteiger partial charge in [0, 0.05) is 22.0 Å². The molecule has 0 aliphatic carbocycles. The molecule has 4 heteroatoms. The van der Waals surface area contributed by atoms with E-state index in [4.69, 9.17) is 0 Å². The van der Waals surface area contributed by atoms with Gasteiger partial charge in [-0.3, -0.25) is 9.82 Å². The molecule has 14 heavy (non-hydrogen) atoms. The fraction of sp³-hybridized carbons (Fsp3) is 0.700. The lowest BCUT2D eigenvalue weighted by Crippen LogP contribution is -2.20. The van der Waals surface area contributed by atoms with Crippen LogP contribution in [0, 0.1) is 6.92 Å². The lowest BCUT2D eigenvalue weighted by atomic mass is 10.1. The first-order valence-corrected chi connectivity index (χ1v) is 5.65. The highest BCUT2D eigenvalue weighted by Gasteiger charge is 2.15. The molecule has 0 fully saturated rings. The molecule has 1 aromatic heterocycles. The van der Waals surface area contributed by atoms with Crippen LogP contribution in [0.5, 0.6) is 0 Å². The Balaban J connectivity index is 2.51. The molecule has 0 radical (unpaired) electrons. The van der Waals surface area contributed by atoms with E-state index in [1.165, 1.54) is 5.56 Å². The van der Waals surface area contributed by atoms with Gasteiger partial charge in [-0.1, -0.05) is 11.9 Å². The maximum Gasteiger partial charge on any atom is 0.0538 e. The van der Waals surface area contributed by atoms with Gasteiger partial charge in [0.1, 0.15) is 0 Å². The average Bonchev–Trinajstić information content (AvgIpc) is 2.46. The van der Waals surface area contributed by atoms with Crippen molar-refractivity contribution in [2.45, 2.75) is 45.4 Å². The number of hydrogen-bond acceptors (Lipinski definition) is 3. The third kappa shape index (κ3) is 3.35. The van der Waals surface area contributed by atoms with Crippen molar-refractivity contribution < 1.29 is 0 Å². The van der Waals surface area contributed by atoms with Crippen LogP contribution in [0.1, 0.15) is 45.0 Å². The van der Waals surface area contributed by atoms with Gasteiger partial charge in [0.2, 0.25) is 0 Å². The summed E-state index contributed by atoms with van der Waals surface area (Å²) in [7, 11) is 0. The van der Waals surface area contributed by atoms with Gasteiger partial charge in [-0.15, -0.1) is 0 Å². The number of aromatic nitrogens is 2. The van der Waals surface area contributed by atoms with E-state index < -0.39 is 0 Å². The summed E-state index contributed by atoms with van der Waals surface area (Å²) in [6.07, 6.45) is 1.89. The van der Waals surface area contributed by atoms with Crippen molar-refractivity contribution in [1.82, 2.24) is 14.9 Å². The number of H-pyrrole nitrogens is 1. The molecule has 0 spiro atoms. The lowest BCUT2D eigenvalue weighted by molar-refractivity contribution is 0.720. The first kappa shape index (κ1) is 11.6. The Bertz CT molecular complexity index is 288. The molecular weight excluding hydrogens is 194 g/mol. The zero-order valence-corrected chi connectivity index (χ0v) is 10.3. The van der Waals surface area contributed by atoms with Gasteiger partial charge in [0.05, 0.1) is 6.20 Å². The molecule has 2 N–H and O–H groups in total. The van der Waals surface area contributed by atoms with Crippen LogP contribution in [0.15, 0.2) is 6.20 Å². The van der Waals surface area contributed by atoms with Gasteiger partial charge in [-0.25, -0.2) is 0 Å². The van der Waals surface area contributed by atoms with Crippen molar-refractivity contribution in [1.29, 1.82) is 0 Å². The minimum Gasteiger partial charge on any atom is -0.283 e. The van der Waals surface area contributed by atoms with E-state index >= 15 is 0 Å². The van der Waals surface area contributed by atoms with Crippen LogP contribution < -0.4 is 4.72 Å². The van der Waals surface area contributed by atoms with Gasteiger partial charge in [0.15, 0.2) is 0 Å². The third-order valence-corrected chi connectivity index (χ3v) is 2.96. The summed E-state index contributed by atoms with van der Waals surface area (Å²) in [5.74, 6) is 0. The van der Waals surface area contributed by atoms with Crippen molar-refractivity contribution in [2.75, 3.05) is 0 Å². The second kappa shape index (κ2) is 4.36. The Morgan fingerprint density at radius 3 is 2.57 bits per heavy atom. The number of aryl methyl sites for hydroxylation is 1. The van der Waals surface area contributed by atoms with Gasteiger partial charge < -0.3 is 0 Å². The van der Waals surface area contributed by atoms with Gasteiger partial charge >= 0.3 is 0 Å². The first-order chi connectivity index (χ1) is 6.40. The standard InChI is InChI=1S/C10H19N3S/c1-7-9(6-11-12-7)8(2)13-14-10(3,4)5/h6,8,13H,1-5H3,(H,11,12)/t8-/m0/s1. The van der Waals surface area contributed by atoms with Crippen molar-refractivity contribution >= 4 is 11.9 Å². The van der Waals surface area contributed by atoms with Crippen LogP contribution in [0.2, 0.25) is 0 Å². The summed E-state index contributed by atoms with van der Waals surface area (Å²) in [6.45, 7) is 10.8. The average molecular weight is 213 g/mol. The summed E-state index contributed by atoms with van der Waals surface area (Å²) in [6, 6.07) is 0.331. The molecule has 1 atom stereocenters. The molecule has 0 amide bonds. The number of rotatable bonds is 3. The molecule has 0 bridgehead atoms. The number of nitrogens with zero attached hydrogens (tertiary/aromatic N) is 1.